The van der Waals surface area contributed by atoms with E-state index in [2.05, 4.69) is 15.5 Å². The molecule has 1 saturated heterocycles. The fourth-order valence-electron chi connectivity index (χ4n) is 3.99. The number of aliphatic hydroxyl groups excluding tert-OH is 1. The van der Waals surface area contributed by atoms with Crippen LogP contribution in [0.25, 0.3) is 0 Å². The normalized spacial score (nSPS) is 27.7. The number of rotatable bonds is 7. The molecule has 5 heteroatoms. The topological polar surface area (TPSA) is 64.6 Å². The lowest BCUT2D eigenvalue weighted by Crippen LogP contribution is -2.53. The molecule has 2 rings (SSSR count). The largest absolute Gasteiger partial charge is 0.396 e. The number of hydrogen-bond acceptors (Lipinski definition) is 4. The van der Waals surface area contributed by atoms with Crippen LogP contribution in [0.1, 0.15) is 51.9 Å². The van der Waals surface area contributed by atoms with E-state index in [0.29, 0.717) is 18.0 Å². The molecule has 1 aliphatic heterocycles. The number of nitrogens with one attached hydrogen (secondary N) is 2. The van der Waals surface area contributed by atoms with Crippen molar-refractivity contribution < 1.29 is 9.90 Å². The Morgan fingerprint density at radius 1 is 1.18 bits per heavy atom. The summed E-state index contributed by atoms with van der Waals surface area (Å²) in [5.74, 6) is 0.609. The third-order valence-electron chi connectivity index (χ3n) is 5.03. The van der Waals surface area contributed by atoms with Gasteiger partial charge in [-0.2, -0.15) is 0 Å². The number of hydrogen-bond donors (Lipinski definition) is 3. The molecule has 128 valence electrons. The lowest BCUT2D eigenvalue weighted by atomic mass is 9.89. The molecule has 0 bridgehead atoms. The van der Waals surface area contributed by atoms with Crippen LogP contribution in [0.4, 0.5) is 0 Å². The van der Waals surface area contributed by atoms with E-state index in [1.165, 1.54) is 38.5 Å². The molecule has 1 amide bonds. The molecule has 0 aromatic heterocycles. The van der Waals surface area contributed by atoms with E-state index in [9.17, 15) is 9.90 Å². The van der Waals surface area contributed by atoms with Gasteiger partial charge in [-0.3, -0.25) is 9.69 Å². The molecule has 2 fully saturated rings. The SMILES string of the molecule is CC(=O)NCCN1CC(CCO)CC(NC2CCCCC2)C1. The zero-order chi connectivity index (χ0) is 15.8. The minimum absolute atomic E-state index is 0.0424. The van der Waals surface area contributed by atoms with Crippen molar-refractivity contribution in [2.45, 2.75) is 64.0 Å². The van der Waals surface area contributed by atoms with E-state index >= 15 is 0 Å². The minimum Gasteiger partial charge on any atom is -0.396 e. The van der Waals surface area contributed by atoms with Gasteiger partial charge in [-0.05, 0) is 31.6 Å². The average molecular weight is 311 g/mol. The van der Waals surface area contributed by atoms with Gasteiger partial charge in [0.2, 0.25) is 5.91 Å². The Morgan fingerprint density at radius 3 is 2.64 bits per heavy atom. The molecule has 2 unspecified atom stereocenters. The molecule has 1 saturated carbocycles. The highest BCUT2D eigenvalue weighted by atomic mass is 16.3. The Labute approximate surface area is 134 Å². The first kappa shape index (κ1) is 17.7. The summed E-state index contributed by atoms with van der Waals surface area (Å²) in [6.45, 7) is 5.58. The third kappa shape index (κ3) is 6.23. The maximum Gasteiger partial charge on any atom is 0.216 e. The van der Waals surface area contributed by atoms with Gasteiger partial charge in [0, 0.05) is 51.8 Å². The Morgan fingerprint density at radius 2 is 1.95 bits per heavy atom. The summed E-state index contributed by atoms with van der Waals surface area (Å²) in [7, 11) is 0. The molecule has 0 aromatic carbocycles. The number of likely N-dealkylation sites (tertiary alicyclic amines) is 1. The molecule has 22 heavy (non-hydrogen) atoms. The second kappa shape index (κ2) is 9.48. The second-order valence-electron chi connectivity index (χ2n) is 7.06. The van der Waals surface area contributed by atoms with E-state index < -0.39 is 0 Å². The van der Waals surface area contributed by atoms with Crippen LogP contribution in [0, 0.1) is 5.92 Å². The van der Waals surface area contributed by atoms with E-state index in [-0.39, 0.29) is 12.5 Å². The lowest BCUT2D eigenvalue weighted by Gasteiger charge is -2.40. The van der Waals surface area contributed by atoms with Crippen molar-refractivity contribution in [2.75, 3.05) is 32.8 Å². The maximum atomic E-state index is 11.0. The highest BCUT2D eigenvalue weighted by Gasteiger charge is 2.28. The number of piperidine rings is 1. The van der Waals surface area contributed by atoms with Crippen LogP contribution in [-0.4, -0.2) is 60.8 Å². The van der Waals surface area contributed by atoms with Gasteiger partial charge in [-0.15, -0.1) is 0 Å². The smallest absolute Gasteiger partial charge is 0.216 e. The molecule has 1 aliphatic carbocycles. The molecule has 5 nitrogen and oxygen atoms in total. The van der Waals surface area contributed by atoms with Crippen LogP contribution in [0.5, 0.6) is 0 Å². The van der Waals surface area contributed by atoms with E-state index in [4.69, 9.17) is 0 Å². The van der Waals surface area contributed by atoms with Crippen molar-refractivity contribution >= 4 is 5.91 Å². The molecule has 2 atom stereocenters. The van der Waals surface area contributed by atoms with Crippen LogP contribution < -0.4 is 10.6 Å². The van der Waals surface area contributed by atoms with Crippen molar-refractivity contribution in [3.63, 3.8) is 0 Å². The lowest BCUT2D eigenvalue weighted by molar-refractivity contribution is -0.119. The number of nitrogens with zero attached hydrogens (tertiary/aromatic N) is 1. The van der Waals surface area contributed by atoms with Gasteiger partial charge in [0.25, 0.3) is 0 Å². The van der Waals surface area contributed by atoms with Crippen LogP contribution in [-0.2, 0) is 4.79 Å². The first-order chi connectivity index (χ1) is 10.7. The summed E-state index contributed by atoms with van der Waals surface area (Å²) in [5.41, 5.74) is 0. The Kier molecular flexibility index (Phi) is 7.63. The zero-order valence-corrected chi connectivity index (χ0v) is 14.0. The Bertz CT molecular complexity index is 332. The van der Waals surface area contributed by atoms with Crippen molar-refractivity contribution in [1.82, 2.24) is 15.5 Å². The van der Waals surface area contributed by atoms with E-state index in [1.54, 1.807) is 6.92 Å². The highest BCUT2D eigenvalue weighted by Crippen LogP contribution is 2.23. The molecule has 0 aromatic rings. The van der Waals surface area contributed by atoms with Crippen molar-refractivity contribution in [3.05, 3.63) is 0 Å². The van der Waals surface area contributed by atoms with Gasteiger partial charge in [-0.25, -0.2) is 0 Å². The summed E-state index contributed by atoms with van der Waals surface area (Å²) >= 11 is 0. The standard InChI is InChI=1S/C17H33N3O2/c1-14(22)18-8-9-20-12-15(7-10-21)11-17(13-20)19-16-5-3-2-4-6-16/h15-17,19,21H,2-13H2,1H3,(H,18,22). The van der Waals surface area contributed by atoms with Crippen molar-refractivity contribution in [1.29, 1.82) is 0 Å². The minimum atomic E-state index is 0.0424. The quantitative estimate of drug-likeness (QED) is 0.659. The monoisotopic (exact) mass is 311 g/mol. The first-order valence-electron chi connectivity index (χ1n) is 9.01. The number of amides is 1. The second-order valence-corrected chi connectivity index (χ2v) is 7.06. The Balaban J connectivity index is 1.80. The number of carbonyl (C=O) groups is 1. The highest BCUT2D eigenvalue weighted by molar-refractivity contribution is 5.72. The Hall–Kier alpha value is -0.650. The van der Waals surface area contributed by atoms with Crippen LogP contribution >= 0.6 is 0 Å². The predicted molar refractivity (Wildman–Crippen MR) is 88.7 cm³/mol. The van der Waals surface area contributed by atoms with Gasteiger partial charge in [0.05, 0.1) is 0 Å². The van der Waals surface area contributed by atoms with Gasteiger partial charge >= 0.3 is 0 Å². The van der Waals surface area contributed by atoms with Gasteiger partial charge in [-0.1, -0.05) is 19.3 Å². The maximum absolute atomic E-state index is 11.0. The summed E-state index contributed by atoms with van der Waals surface area (Å²) in [6, 6.07) is 1.22. The summed E-state index contributed by atoms with van der Waals surface area (Å²) in [6.07, 6.45) is 8.79. The molecule has 0 radical (unpaired) electrons. The first-order valence-corrected chi connectivity index (χ1v) is 9.01. The molecular formula is C17H33N3O2. The fraction of sp³-hybridized carbons (Fsp3) is 0.941. The molecule has 2 aliphatic rings. The molecule has 3 N–H and O–H groups in total. The predicted octanol–water partition coefficient (Wildman–Crippen LogP) is 1.12. The third-order valence-corrected chi connectivity index (χ3v) is 5.03. The van der Waals surface area contributed by atoms with Gasteiger partial charge < -0.3 is 15.7 Å². The van der Waals surface area contributed by atoms with E-state index in [1.807, 2.05) is 0 Å². The van der Waals surface area contributed by atoms with E-state index in [0.717, 1.165) is 32.6 Å². The van der Waals surface area contributed by atoms with Crippen LogP contribution in [0.2, 0.25) is 0 Å². The molecular weight excluding hydrogens is 278 g/mol. The van der Waals surface area contributed by atoms with Crippen LogP contribution in [0.15, 0.2) is 0 Å². The summed E-state index contributed by atoms with van der Waals surface area (Å²) in [4.78, 5) is 13.4. The number of aliphatic hydroxyl groups is 1. The zero-order valence-electron chi connectivity index (χ0n) is 14.0. The molecule has 1 heterocycles. The number of carbonyl (C=O) groups excluding carboxylic acids is 1. The summed E-state index contributed by atoms with van der Waals surface area (Å²) in [5, 5.41) is 16.0. The fourth-order valence-corrected chi connectivity index (χ4v) is 3.99. The van der Waals surface area contributed by atoms with Gasteiger partial charge in [0.15, 0.2) is 0 Å². The van der Waals surface area contributed by atoms with Crippen LogP contribution in [0.3, 0.4) is 0 Å². The van der Waals surface area contributed by atoms with Crippen molar-refractivity contribution in [2.24, 2.45) is 5.92 Å². The summed E-state index contributed by atoms with van der Waals surface area (Å²) < 4.78 is 0. The van der Waals surface area contributed by atoms with Gasteiger partial charge in [0.1, 0.15) is 0 Å². The van der Waals surface area contributed by atoms with Crippen molar-refractivity contribution in [3.8, 4) is 0 Å². The average Bonchev–Trinajstić information content (AvgIpc) is 2.48. The molecule has 0 spiro atoms.